The van der Waals surface area contributed by atoms with Crippen molar-refractivity contribution < 1.29 is 4.74 Å². The SMILES string of the molecule is Cc1ccc(N2CCC(OCCN3CCCCC3)C2)nc1C#N. The molecule has 2 saturated heterocycles. The van der Waals surface area contributed by atoms with Crippen molar-refractivity contribution in [2.24, 2.45) is 0 Å². The van der Waals surface area contributed by atoms with Gasteiger partial charge in [-0.25, -0.2) is 4.98 Å². The number of likely N-dealkylation sites (tertiary alicyclic amines) is 1. The number of hydrogen-bond acceptors (Lipinski definition) is 5. The molecule has 1 atom stereocenters. The van der Waals surface area contributed by atoms with Gasteiger partial charge in [-0.15, -0.1) is 0 Å². The fourth-order valence-corrected chi connectivity index (χ4v) is 3.41. The molecule has 124 valence electrons. The van der Waals surface area contributed by atoms with Gasteiger partial charge in [0.2, 0.25) is 0 Å². The molecule has 1 aromatic rings. The number of hydrogen-bond donors (Lipinski definition) is 0. The van der Waals surface area contributed by atoms with Crippen molar-refractivity contribution in [2.45, 2.75) is 38.7 Å². The van der Waals surface area contributed by atoms with Gasteiger partial charge >= 0.3 is 0 Å². The first-order valence-corrected chi connectivity index (χ1v) is 8.73. The van der Waals surface area contributed by atoms with Crippen molar-refractivity contribution in [3.8, 4) is 6.07 Å². The molecular weight excluding hydrogens is 288 g/mol. The molecule has 5 nitrogen and oxygen atoms in total. The highest BCUT2D eigenvalue weighted by Gasteiger charge is 2.24. The van der Waals surface area contributed by atoms with E-state index in [1.165, 1.54) is 32.4 Å². The third-order valence-electron chi connectivity index (χ3n) is 4.87. The molecule has 23 heavy (non-hydrogen) atoms. The number of rotatable bonds is 5. The van der Waals surface area contributed by atoms with Crippen LogP contribution in [-0.4, -0.2) is 55.3 Å². The van der Waals surface area contributed by atoms with Gasteiger partial charge in [-0.05, 0) is 50.9 Å². The highest BCUT2D eigenvalue weighted by molar-refractivity contribution is 5.45. The summed E-state index contributed by atoms with van der Waals surface area (Å²) >= 11 is 0. The van der Waals surface area contributed by atoms with E-state index in [9.17, 15) is 0 Å². The van der Waals surface area contributed by atoms with E-state index in [1.807, 2.05) is 19.1 Å². The van der Waals surface area contributed by atoms with Gasteiger partial charge in [-0.3, -0.25) is 0 Å². The van der Waals surface area contributed by atoms with E-state index in [2.05, 4.69) is 20.9 Å². The van der Waals surface area contributed by atoms with Gasteiger partial charge < -0.3 is 14.5 Å². The summed E-state index contributed by atoms with van der Waals surface area (Å²) < 4.78 is 6.06. The van der Waals surface area contributed by atoms with E-state index in [0.717, 1.165) is 44.0 Å². The van der Waals surface area contributed by atoms with Gasteiger partial charge in [-0.2, -0.15) is 5.26 Å². The molecule has 1 aromatic heterocycles. The average Bonchev–Trinajstić information content (AvgIpc) is 3.05. The summed E-state index contributed by atoms with van der Waals surface area (Å²) in [6, 6.07) is 6.15. The molecule has 0 saturated carbocycles. The second-order valence-electron chi connectivity index (χ2n) is 6.58. The largest absolute Gasteiger partial charge is 0.375 e. The molecule has 3 rings (SSSR count). The summed E-state index contributed by atoms with van der Waals surface area (Å²) in [6.07, 6.45) is 5.36. The topological polar surface area (TPSA) is 52.4 Å². The maximum Gasteiger partial charge on any atom is 0.145 e. The second-order valence-corrected chi connectivity index (χ2v) is 6.58. The molecule has 2 aliphatic rings. The summed E-state index contributed by atoms with van der Waals surface area (Å²) in [5, 5.41) is 9.12. The van der Waals surface area contributed by atoms with E-state index in [4.69, 9.17) is 10.00 Å². The molecule has 0 spiro atoms. The standard InChI is InChI=1S/C18H26N4O/c1-15-5-6-18(20-17(15)13-19)22-10-7-16(14-22)23-12-11-21-8-3-2-4-9-21/h5-6,16H,2-4,7-12,14H2,1H3. The van der Waals surface area contributed by atoms with Crippen LogP contribution in [0.3, 0.4) is 0 Å². The zero-order chi connectivity index (χ0) is 16.1. The van der Waals surface area contributed by atoms with Gasteiger partial charge in [-0.1, -0.05) is 12.5 Å². The first-order chi connectivity index (χ1) is 11.3. The predicted octanol–water partition coefficient (Wildman–Crippen LogP) is 2.34. The number of aryl methyl sites for hydroxylation is 1. The quantitative estimate of drug-likeness (QED) is 0.835. The molecule has 3 heterocycles. The highest BCUT2D eigenvalue weighted by atomic mass is 16.5. The lowest BCUT2D eigenvalue weighted by Crippen LogP contribution is -2.34. The number of aromatic nitrogens is 1. The molecule has 0 aliphatic carbocycles. The van der Waals surface area contributed by atoms with Crippen LogP contribution in [-0.2, 0) is 4.74 Å². The average molecular weight is 314 g/mol. The van der Waals surface area contributed by atoms with Crippen molar-refractivity contribution in [2.75, 3.05) is 44.2 Å². The van der Waals surface area contributed by atoms with Crippen LogP contribution < -0.4 is 4.90 Å². The van der Waals surface area contributed by atoms with Crippen molar-refractivity contribution in [3.05, 3.63) is 23.4 Å². The Morgan fingerprint density at radius 2 is 2.09 bits per heavy atom. The Morgan fingerprint density at radius 3 is 2.87 bits per heavy atom. The van der Waals surface area contributed by atoms with Gasteiger partial charge in [0.1, 0.15) is 17.6 Å². The monoisotopic (exact) mass is 314 g/mol. The maximum absolute atomic E-state index is 9.12. The molecule has 5 heteroatoms. The molecule has 0 aromatic carbocycles. The van der Waals surface area contributed by atoms with Crippen LogP contribution in [0, 0.1) is 18.3 Å². The molecule has 2 fully saturated rings. The van der Waals surface area contributed by atoms with E-state index < -0.39 is 0 Å². The van der Waals surface area contributed by atoms with E-state index in [1.54, 1.807) is 0 Å². The zero-order valence-electron chi connectivity index (χ0n) is 14.0. The fraction of sp³-hybridized carbons (Fsp3) is 0.667. The van der Waals surface area contributed by atoms with Crippen LogP contribution >= 0.6 is 0 Å². The number of piperidine rings is 1. The van der Waals surface area contributed by atoms with Crippen LogP contribution in [0.4, 0.5) is 5.82 Å². The van der Waals surface area contributed by atoms with E-state index in [0.29, 0.717) is 5.69 Å². The first-order valence-electron chi connectivity index (χ1n) is 8.73. The minimum absolute atomic E-state index is 0.286. The molecular formula is C18H26N4O. The van der Waals surface area contributed by atoms with E-state index in [-0.39, 0.29) is 6.10 Å². The Morgan fingerprint density at radius 1 is 1.26 bits per heavy atom. The van der Waals surface area contributed by atoms with Crippen molar-refractivity contribution in [1.82, 2.24) is 9.88 Å². The van der Waals surface area contributed by atoms with Gasteiger partial charge in [0.05, 0.1) is 12.7 Å². The van der Waals surface area contributed by atoms with Crippen LogP contribution in [0.1, 0.15) is 36.9 Å². The second kappa shape index (κ2) is 7.76. The molecule has 0 bridgehead atoms. The van der Waals surface area contributed by atoms with Crippen LogP contribution in [0.25, 0.3) is 0 Å². The lowest BCUT2D eigenvalue weighted by atomic mass is 10.1. The third-order valence-corrected chi connectivity index (χ3v) is 4.87. The number of nitriles is 1. The summed E-state index contributed by atoms with van der Waals surface area (Å²) in [6.45, 7) is 8.08. The maximum atomic E-state index is 9.12. The molecule has 0 N–H and O–H groups in total. The molecule has 1 unspecified atom stereocenters. The Bertz CT molecular complexity index is 563. The van der Waals surface area contributed by atoms with Gasteiger partial charge in [0, 0.05) is 19.6 Å². The third kappa shape index (κ3) is 4.21. The number of pyridine rings is 1. The van der Waals surface area contributed by atoms with Crippen LogP contribution in [0.15, 0.2) is 12.1 Å². The lowest BCUT2D eigenvalue weighted by Gasteiger charge is -2.26. The van der Waals surface area contributed by atoms with Gasteiger partial charge in [0.25, 0.3) is 0 Å². The van der Waals surface area contributed by atoms with Crippen LogP contribution in [0.5, 0.6) is 0 Å². The summed E-state index contributed by atoms with van der Waals surface area (Å²) in [5.41, 5.74) is 1.46. The van der Waals surface area contributed by atoms with Gasteiger partial charge in [0.15, 0.2) is 0 Å². The van der Waals surface area contributed by atoms with Crippen molar-refractivity contribution >= 4 is 5.82 Å². The first kappa shape index (κ1) is 16.2. The minimum atomic E-state index is 0.286. The smallest absolute Gasteiger partial charge is 0.145 e. The number of ether oxygens (including phenoxy) is 1. The molecule has 0 radical (unpaired) electrons. The Kier molecular flexibility index (Phi) is 5.47. The zero-order valence-corrected chi connectivity index (χ0v) is 14.0. The summed E-state index contributed by atoms with van der Waals surface area (Å²) in [5.74, 6) is 0.897. The summed E-state index contributed by atoms with van der Waals surface area (Å²) in [7, 11) is 0. The predicted molar refractivity (Wildman–Crippen MR) is 90.6 cm³/mol. The number of anilines is 1. The van der Waals surface area contributed by atoms with Crippen molar-refractivity contribution in [1.29, 1.82) is 5.26 Å². The lowest BCUT2D eigenvalue weighted by molar-refractivity contribution is 0.0467. The van der Waals surface area contributed by atoms with Crippen LogP contribution in [0.2, 0.25) is 0 Å². The van der Waals surface area contributed by atoms with E-state index >= 15 is 0 Å². The fourth-order valence-electron chi connectivity index (χ4n) is 3.41. The Balaban J connectivity index is 1.46. The van der Waals surface area contributed by atoms with Crippen molar-refractivity contribution in [3.63, 3.8) is 0 Å². The summed E-state index contributed by atoms with van der Waals surface area (Å²) in [4.78, 5) is 9.20. The Labute approximate surface area is 138 Å². The number of nitrogens with zero attached hydrogens (tertiary/aromatic N) is 4. The molecule has 2 aliphatic heterocycles. The normalized spacial score (nSPS) is 22.3. The highest BCUT2D eigenvalue weighted by Crippen LogP contribution is 2.21. The Hall–Kier alpha value is -1.64. The minimum Gasteiger partial charge on any atom is -0.375 e. The molecule has 0 amide bonds.